The molecule has 0 amide bonds. The molecular formula is C27H21BrS. The van der Waals surface area contributed by atoms with Crippen LogP contribution in [0.2, 0.25) is 0 Å². The van der Waals surface area contributed by atoms with E-state index in [1.165, 1.54) is 43.8 Å². The second-order valence-corrected chi connectivity index (χ2v) is 9.25. The molecule has 0 bridgehead atoms. The van der Waals surface area contributed by atoms with Gasteiger partial charge in [0.15, 0.2) is 0 Å². The maximum Gasteiger partial charge on any atom is 0.0368 e. The maximum absolute atomic E-state index is 4.57. The van der Waals surface area contributed by atoms with E-state index in [0.717, 1.165) is 17.7 Å². The van der Waals surface area contributed by atoms with Gasteiger partial charge in [0.05, 0.1) is 0 Å². The molecule has 0 saturated carbocycles. The minimum atomic E-state index is 0.382. The Hall–Kier alpha value is -2.29. The van der Waals surface area contributed by atoms with Gasteiger partial charge in [0.1, 0.15) is 0 Å². The zero-order chi connectivity index (χ0) is 19.8. The number of alkyl halides is 1. The monoisotopic (exact) mass is 456 g/mol. The Morgan fingerprint density at radius 3 is 1.97 bits per heavy atom. The summed E-state index contributed by atoms with van der Waals surface area (Å²) < 4.78 is 0. The van der Waals surface area contributed by atoms with Crippen LogP contribution in [0.1, 0.15) is 24.0 Å². The van der Waals surface area contributed by atoms with Crippen molar-refractivity contribution in [2.24, 2.45) is 0 Å². The van der Waals surface area contributed by atoms with Crippen LogP contribution in [0.4, 0.5) is 0 Å². The van der Waals surface area contributed by atoms with Gasteiger partial charge in [-0.25, -0.2) is 0 Å². The molecule has 2 heteroatoms. The molecule has 5 rings (SSSR count). The van der Waals surface area contributed by atoms with E-state index in [-0.39, 0.29) is 0 Å². The molecule has 0 radical (unpaired) electrons. The van der Waals surface area contributed by atoms with Crippen molar-refractivity contribution in [1.82, 2.24) is 0 Å². The average molecular weight is 457 g/mol. The van der Waals surface area contributed by atoms with Crippen LogP contribution in [-0.4, -0.2) is 4.83 Å². The molecule has 3 aromatic carbocycles. The number of rotatable bonds is 2. The Morgan fingerprint density at radius 2 is 1.38 bits per heavy atom. The fraction of sp³-hybridized carbons (Fsp3) is 0.111. The Kier molecular flexibility index (Phi) is 5.07. The van der Waals surface area contributed by atoms with Crippen LogP contribution in [0.3, 0.4) is 0 Å². The normalized spacial score (nSPS) is 19.1. The molecule has 29 heavy (non-hydrogen) atoms. The first-order valence-electron chi connectivity index (χ1n) is 9.95. The maximum atomic E-state index is 4.57. The van der Waals surface area contributed by atoms with Crippen LogP contribution in [0, 0.1) is 0 Å². The molecule has 0 spiro atoms. The lowest BCUT2D eigenvalue weighted by Gasteiger charge is -2.20. The minimum Gasteiger partial charge on any atom is -0.148 e. The lowest BCUT2D eigenvalue weighted by molar-refractivity contribution is 1.08. The fourth-order valence-corrected chi connectivity index (χ4v) is 5.04. The third-order valence-corrected chi connectivity index (χ3v) is 6.59. The number of allylic oxidation sites excluding steroid dienone is 10. The Labute approximate surface area is 185 Å². The molecule has 0 fully saturated rings. The van der Waals surface area contributed by atoms with Gasteiger partial charge < -0.3 is 0 Å². The van der Waals surface area contributed by atoms with E-state index in [2.05, 4.69) is 120 Å². The smallest absolute Gasteiger partial charge is 0.0368 e. The van der Waals surface area contributed by atoms with Crippen LogP contribution in [0.5, 0.6) is 0 Å². The second kappa shape index (κ2) is 7.85. The summed E-state index contributed by atoms with van der Waals surface area (Å²) in [6.07, 6.45) is 17.5. The van der Waals surface area contributed by atoms with Gasteiger partial charge >= 0.3 is 0 Å². The van der Waals surface area contributed by atoms with E-state index in [4.69, 9.17) is 0 Å². The summed E-state index contributed by atoms with van der Waals surface area (Å²) >= 11 is 8.36. The van der Waals surface area contributed by atoms with E-state index >= 15 is 0 Å². The lowest BCUT2D eigenvalue weighted by Crippen LogP contribution is -2.00. The first-order valence-corrected chi connectivity index (χ1v) is 11.3. The summed E-state index contributed by atoms with van der Waals surface area (Å²) in [5, 5.41) is 5.20. The van der Waals surface area contributed by atoms with Crippen molar-refractivity contribution in [2.45, 2.75) is 17.7 Å². The molecule has 2 aliphatic carbocycles. The van der Waals surface area contributed by atoms with Crippen molar-refractivity contribution in [3.63, 3.8) is 0 Å². The highest BCUT2D eigenvalue weighted by atomic mass is 79.9. The van der Waals surface area contributed by atoms with Crippen molar-refractivity contribution in [2.75, 3.05) is 0 Å². The number of benzene rings is 3. The summed E-state index contributed by atoms with van der Waals surface area (Å²) in [5.74, 6) is 0. The van der Waals surface area contributed by atoms with Crippen molar-refractivity contribution in [1.29, 1.82) is 0 Å². The highest BCUT2D eigenvalue weighted by Crippen LogP contribution is 2.42. The molecule has 142 valence electrons. The van der Waals surface area contributed by atoms with E-state index in [9.17, 15) is 0 Å². The van der Waals surface area contributed by atoms with Crippen LogP contribution in [-0.2, 0) is 0 Å². The van der Waals surface area contributed by atoms with Crippen molar-refractivity contribution < 1.29 is 0 Å². The summed E-state index contributed by atoms with van der Waals surface area (Å²) in [6, 6.07) is 17.6. The zero-order valence-corrected chi connectivity index (χ0v) is 18.5. The standard InChI is InChI=1S/C27H21BrS/c28-20-9-5-8-19(17-20)27-24-13-3-1-11-22(24)26(23-12-2-4-14-25(23)27)18-7-6-10-21(29)16-15-18/h1-8,10-15,17,20,29H,9,16H2. The lowest BCUT2D eigenvalue weighted by atomic mass is 9.84. The van der Waals surface area contributed by atoms with Gasteiger partial charge in [-0.2, -0.15) is 0 Å². The molecule has 0 aromatic heterocycles. The Balaban J connectivity index is 1.89. The molecule has 2 aliphatic rings. The van der Waals surface area contributed by atoms with E-state index in [1.807, 2.05) is 0 Å². The van der Waals surface area contributed by atoms with Gasteiger partial charge in [-0.1, -0.05) is 107 Å². The number of hydrogen-bond acceptors (Lipinski definition) is 1. The van der Waals surface area contributed by atoms with Gasteiger partial charge in [-0.15, -0.1) is 12.6 Å². The fourth-order valence-electron chi connectivity index (χ4n) is 4.36. The van der Waals surface area contributed by atoms with Gasteiger partial charge in [-0.3, -0.25) is 0 Å². The molecule has 0 N–H and O–H groups in total. The SMILES string of the molecule is SC1=CC=CC(c2c3ccccc3c(C3=CC(Br)CC=C3)c3ccccc23)=CC1. The van der Waals surface area contributed by atoms with Crippen molar-refractivity contribution in [3.05, 3.63) is 107 Å². The summed E-state index contributed by atoms with van der Waals surface area (Å²) in [5.41, 5.74) is 5.19. The summed E-state index contributed by atoms with van der Waals surface area (Å²) in [4.78, 5) is 1.47. The highest BCUT2D eigenvalue weighted by molar-refractivity contribution is 9.09. The van der Waals surface area contributed by atoms with Gasteiger partial charge in [0.25, 0.3) is 0 Å². The van der Waals surface area contributed by atoms with E-state index < -0.39 is 0 Å². The molecule has 1 atom stereocenters. The topological polar surface area (TPSA) is 0 Å². The van der Waals surface area contributed by atoms with Crippen LogP contribution in [0.15, 0.2) is 96.0 Å². The zero-order valence-electron chi connectivity index (χ0n) is 16.0. The average Bonchev–Trinajstić information content (AvgIpc) is 2.96. The molecule has 0 nitrogen and oxygen atoms in total. The first-order chi connectivity index (χ1) is 14.2. The van der Waals surface area contributed by atoms with Gasteiger partial charge in [0, 0.05) is 4.83 Å². The number of thiol groups is 1. The second-order valence-electron chi connectivity index (χ2n) is 7.50. The number of fused-ring (bicyclic) bond motifs is 2. The first kappa shape index (κ1) is 18.7. The van der Waals surface area contributed by atoms with Crippen molar-refractivity contribution >= 4 is 61.2 Å². The van der Waals surface area contributed by atoms with Gasteiger partial charge in [0.2, 0.25) is 0 Å². The van der Waals surface area contributed by atoms with E-state index in [1.54, 1.807) is 0 Å². The largest absolute Gasteiger partial charge is 0.148 e. The minimum absolute atomic E-state index is 0.382. The molecule has 3 aromatic rings. The summed E-state index contributed by atoms with van der Waals surface area (Å²) in [7, 11) is 0. The van der Waals surface area contributed by atoms with E-state index in [0.29, 0.717) is 4.83 Å². The molecule has 0 aliphatic heterocycles. The molecule has 0 heterocycles. The summed E-state index contributed by atoms with van der Waals surface area (Å²) in [6.45, 7) is 0. The third kappa shape index (κ3) is 3.45. The Morgan fingerprint density at radius 1 is 0.793 bits per heavy atom. The molecule has 1 unspecified atom stereocenters. The quantitative estimate of drug-likeness (QED) is 0.224. The Bertz CT molecular complexity index is 1210. The molecule has 0 saturated heterocycles. The van der Waals surface area contributed by atoms with Crippen LogP contribution in [0.25, 0.3) is 32.7 Å². The predicted octanol–water partition coefficient (Wildman–Crippen LogP) is 8.26. The van der Waals surface area contributed by atoms with Gasteiger partial charge in [-0.05, 0) is 61.6 Å². The van der Waals surface area contributed by atoms with Crippen LogP contribution >= 0.6 is 28.6 Å². The molecular weight excluding hydrogens is 436 g/mol. The highest BCUT2D eigenvalue weighted by Gasteiger charge is 2.18. The van der Waals surface area contributed by atoms with Crippen LogP contribution < -0.4 is 0 Å². The number of halogens is 1. The third-order valence-electron chi connectivity index (χ3n) is 5.62. The number of hydrogen-bond donors (Lipinski definition) is 1. The van der Waals surface area contributed by atoms with Crippen molar-refractivity contribution in [3.8, 4) is 0 Å². The predicted molar refractivity (Wildman–Crippen MR) is 135 cm³/mol.